The minimum Gasteiger partial charge on any atom is -0.313 e. The van der Waals surface area contributed by atoms with Crippen molar-refractivity contribution in [3.63, 3.8) is 0 Å². The Morgan fingerprint density at radius 2 is 1.02 bits per heavy atom. The molecule has 0 saturated carbocycles. The summed E-state index contributed by atoms with van der Waals surface area (Å²) in [4.78, 5) is 5.40. The number of hydrogen-bond acceptors (Lipinski definition) is 4. The molecule has 1 aliphatic carbocycles. The number of rotatable bonds is 2. The first kappa shape index (κ1) is 38.5. The van der Waals surface area contributed by atoms with E-state index >= 15 is 0 Å². The second-order valence-electron chi connectivity index (χ2n) is 21.2. The minimum absolute atomic E-state index is 0.0400. The first-order valence-electron chi connectivity index (χ1n) is 21.1. The molecule has 2 bridgehead atoms. The lowest BCUT2D eigenvalue weighted by atomic mass is 9.44. The molecule has 4 heterocycles. The summed E-state index contributed by atoms with van der Waals surface area (Å²) in [6.45, 7) is 30.6. The van der Waals surface area contributed by atoms with Crippen LogP contribution in [0.3, 0.4) is 0 Å². The van der Waals surface area contributed by atoms with Gasteiger partial charge in [0.1, 0.15) is 0 Å². The van der Waals surface area contributed by atoms with E-state index in [4.69, 9.17) is 0 Å². The molecule has 292 valence electrons. The van der Waals surface area contributed by atoms with Crippen LogP contribution >= 0.6 is 22.7 Å². The van der Waals surface area contributed by atoms with Crippen molar-refractivity contribution in [2.45, 2.75) is 125 Å². The van der Waals surface area contributed by atoms with Gasteiger partial charge in [-0.15, -0.1) is 22.7 Å². The summed E-state index contributed by atoms with van der Waals surface area (Å²) in [7, 11) is 0. The first-order valence-corrected chi connectivity index (χ1v) is 22.7. The van der Waals surface area contributed by atoms with Crippen LogP contribution in [-0.2, 0) is 22.6 Å². The molecule has 3 aliphatic rings. The van der Waals surface area contributed by atoms with Crippen LogP contribution < -0.4 is 19.4 Å². The Morgan fingerprint density at radius 3 is 1.49 bits per heavy atom. The number of fused-ring (bicyclic) bond motifs is 9. The summed E-state index contributed by atoms with van der Waals surface area (Å²) in [6.07, 6.45) is 7.97. The Hall–Kier alpha value is -4.06. The molecule has 0 saturated heterocycles. The number of hydrogen-bond donors (Lipinski definition) is 0. The largest absolute Gasteiger partial charge is 0.313 e. The lowest BCUT2D eigenvalue weighted by Crippen LogP contribution is -2.42. The highest BCUT2D eigenvalue weighted by molar-refractivity contribution is 7.38. The molecule has 2 aromatic heterocycles. The van der Waals surface area contributed by atoms with Crippen LogP contribution in [0.1, 0.15) is 124 Å². The molecule has 0 radical (unpaired) electrons. The average Bonchev–Trinajstić information content (AvgIpc) is 3.60. The van der Waals surface area contributed by atoms with E-state index in [1.54, 1.807) is 0 Å². The highest BCUT2D eigenvalue weighted by Crippen LogP contribution is 2.53. The summed E-state index contributed by atoms with van der Waals surface area (Å²) in [6, 6.07) is 29.1. The van der Waals surface area contributed by atoms with Crippen molar-refractivity contribution in [1.82, 2.24) is 0 Å². The molecule has 0 spiro atoms. The Balaban J connectivity index is 1.41. The van der Waals surface area contributed by atoms with Gasteiger partial charge in [-0.1, -0.05) is 119 Å². The zero-order valence-electron chi connectivity index (χ0n) is 36.5. The summed E-state index contributed by atoms with van der Waals surface area (Å²) in [5, 5.41) is 2.76. The summed E-state index contributed by atoms with van der Waals surface area (Å²) in [5.74, 6) is 0. The van der Waals surface area contributed by atoms with Crippen LogP contribution in [0.15, 0.2) is 96.2 Å². The molecule has 6 aromatic rings. The van der Waals surface area contributed by atoms with E-state index < -0.39 is 0 Å². The van der Waals surface area contributed by atoms with Crippen molar-refractivity contribution in [3.8, 4) is 0 Å². The van der Waals surface area contributed by atoms with E-state index in [2.05, 4.69) is 185 Å². The van der Waals surface area contributed by atoms with Gasteiger partial charge in [0.25, 0.3) is 0 Å². The average molecular weight is 787 g/mol. The highest BCUT2D eigenvalue weighted by atomic mass is 32.1. The van der Waals surface area contributed by atoms with Crippen molar-refractivity contribution < 1.29 is 0 Å². The molecule has 0 unspecified atom stereocenters. The van der Waals surface area contributed by atoms with Crippen LogP contribution in [0.25, 0.3) is 20.2 Å². The maximum atomic E-state index is 2.74. The number of aryl methyl sites for hydroxylation is 1. The molecule has 4 aromatic carbocycles. The third kappa shape index (κ3) is 6.43. The second kappa shape index (κ2) is 13.0. The van der Waals surface area contributed by atoms with E-state index in [9.17, 15) is 0 Å². The maximum Gasteiger partial charge on any atom is 0.245 e. The van der Waals surface area contributed by atoms with Gasteiger partial charge in [-0.2, -0.15) is 0 Å². The predicted molar refractivity (Wildman–Crippen MR) is 255 cm³/mol. The van der Waals surface area contributed by atoms with Crippen LogP contribution in [0, 0.1) is 12.3 Å². The van der Waals surface area contributed by atoms with Gasteiger partial charge in [0.2, 0.25) is 6.71 Å². The Kier molecular flexibility index (Phi) is 8.75. The second-order valence-corrected chi connectivity index (χ2v) is 23.3. The van der Waals surface area contributed by atoms with E-state index in [0.717, 1.165) is 19.2 Å². The quantitative estimate of drug-likeness (QED) is 0.161. The van der Waals surface area contributed by atoms with Gasteiger partial charge in [-0.3, -0.25) is 0 Å². The predicted octanol–water partition coefficient (Wildman–Crippen LogP) is 14.6. The van der Waals surface area contributed by atoms with Crippen LogP contribution in [0.4, 0.5) is 28.4 Å². The molecule has 0 atom stereocenters. The summed E-state index contributed by atoms with van der Waals surface area (Å²) in [5.41, 5.74) is 16.8. The lowest BCUT2D eigenvalue weighted by molar-refractivity contribution is 0.479. The molecule has 0 fully saturated rings. The van der Waals surface area contributed by atoms with E-state index in [1.807, 2.05) is 22.7 Å². The fourth-order valence-corrected chi connectivity index (χ4v) is 12.0. The molecule has 0 amide bonds. The molecule has 2 nitrogen and oxygen atoms in total. The van der Waals surface area contributed by atoms with Gasteiger partial charge in [-0.05, 0) is 130 Å². The maximum absolute atomic E-state index is 2.74. The van der Waals surface area contributed by atoms with Gasteiger partial charge in [0.15, 0.2) is 0 Å². The third-order valence-electron chi connectivity index (χ3n) is 12.8. The van der Waals surface area contributed by atoms with Crippen LogP contribution in [0.5, 0.6) is 0 Å². The summed E-state index contributed by atoms with van der Waals surface area (Å²) < 4.78 is 5.73. The van der Waals surface area contributed by atoms with E-state index in [-0.39, 0.29) is 28.4 Å². The number of nitrogens with zero attached hydrogens (tertiary/aromatic N) is 2. The van der Waals surface area contributed by atoms with Crippen molar-refractivity contribution in [1.29, 1.82) is 0 Å². The number of thiophene rings is 2. The van der Waals surface area contributed by atoms with Gasteiger partial charge >= 0.3 is 0 Å². The molecular formula is C52H59BN2S2. The zero-order valence-corrected chi connectivity index (χ0v) is 38.1. The van der Waals surface area contributed by atoms with E-state index in [0.29, 0.717) is 0 Å². The SMILES string of the molecule is Cc1cc2c3c(c1)N(c1ccc(C(C)(C)C)cc1)c1c(sc4ccc(C(C)(C)C)cc14)B(C3)c1sc3ccc(C(C)(C)C)cc3c1N2C1=CC=C(C(C)(C)C)CC1. The molecule has 9 rings (SSSR count). The number of benzene rings is 4. The lowest BCUT2D eigenvalue weighted by Gasteiger charge is -2.35. The Labute approximate surface area is 350 Å². The van der Waals surface area contributed by atoms with Crippen molar-refractivity contribution in [2.75, 3.05) is 9.80 Å². The Bertz CT molecular complexity index is 2660. The molecule has 5 heteroatoms. The van der Waals surface area contributed by atoms with Gasteiger partial charge < -0.3 is 9.80 Å². The molecule has 2 aliphatic heterocycles. The smallest absolute Gasteiger partial charge is 0.245 e. The Morgan fingerprint density at radius 1 is 0.526 bits per heavy atom. The number of allylic oxidation sites excluding steroid dienone is 4. The van der Waals surface area contributed by atoms with E-state index in [1.165, 1.54) is 97.2 Å². The topological polar surface area (TPSA) is 6.48 Å². The van der Waals surface area contributed by atoms with Crippen LogP contribution in [0.2, 0.25) is 0 Å². The van der Waals surface area contributed by atoms with Crippen molar-refractivity contribution in [2.24, 2.45) is 5.41 Å². The van der Waals surface area contributed by atoms with Gasteiger partial charge in [-0.25, -0.2) is 0 Å². The summed E-state index contributed by atoms with van der Waals surface area (Å²) >= 11 is 4.06. The molecule has 57 heavy (non-hydrogen) atoms. The highest BCUT2D eigenvalue weighted by Gasteiger charge is 2.43. The first-order chi connectivity index (χ1) is 26.7. The fraction of sp³-hybridized carbons (Fsp3) is 0.385. The standard InChI is InChI=1S/C52H59BN2S2/c1-31-26-41-40-30-53(47-45(38-28-34(51(8,9)10)18-24-43(38)56-47)54(41)36-20-14-32(15-21-36)49(2,3)4)48-46(39-29-35(52(11,12)13)19-25-44(39)57-48)55(42(40)27-31)37-22-16-33(17-23-37)50(5,6)7/h14-16,18-22,24-29H,17,23,30H2,1-13H3. The third-order valence-corrected chi connectivity index (χ3v) is 15.3. The fourth-order valence-electron chi connectivity index (χ4n) is 9.32. The van der Waals surface area contributed by atoms with Crippen molar-refractivity contribution >= 4 is 87.5 Å². The van der Waals surface area contributed by atoms with Crippen molar-refractivity contribution in [3.05, 3.63) is 124 Å². The minimum atomic E-state index is 0.0400. The van der Waals surface area contributed by atoms with Crippen LogP contribution in [-0.4, -0.2) is 6.71 Å². The molecular weight excluding hydrogens is 728 g/mol. The number of anilines is 5. The zero-order chi connectivity index (χ0) is 40.6. The molecule has 0 N–H and O–H groups in total. The van der Waals surface area contributed by atoms with Gasteiger partial charge in [0.05, 0.1) is 22.7 Å². The normalized spacial score (nSPS) is 16.1. The monoisotopic (exact) mass is 786 g/mol. The van der Waals surface area contributed by atoms with Gasteiger partial charge in [0, 0.05) is 41.1 Å².